The van der Waals surface area contributed by atoms with E-state index in [0.29, 0.717) is 17.0 Å². The van der Waals surface area contributed by atoms with Gasteiger partial charge in [-0.1, -0.05) is 24.3 Å². The molecule has 4 rings (SSSR count). The maximum absolute atomic E-state index is 14.6. The third kappa shape index (κ3) is 5.50. The minimum absolute atomic E-state index is 0.0420. The molecule has 1 fully saturated rings. The molecule has 3 aromatic rings. The molecule has 1 aliphatic heterocycles. The van der Waals surface area contributed by atoms with Crippen molar-refractivity contribution in [1.29, 1.82) is 0 Å². The first-order valence-corrected chi connectivity index (χ1v) is 10.9. The van der Waals surface area contributed by atoms with Gasteiger partial charge < -0.3 is 15.0 Å². The number of aromatic nitrogens is 3. The summed E-state index contributed by atoms with van der Waals surface area (Å²) in [5.41, 5.74) is 0.270. The number of alkyl halides is 2. The molecule has 0 aliphatic carbocycles. The van der Waals surface area contributed by atoms with Crippen molar-refractivity contribution in [3.05, 3.63) is 82.1 Å². The SMILES string of the molecule is [C-]#[N+]c1ccccc1Oc1ccc(NC(=O)C(C)N2CCC(F)(F)[C@@H](c3ccc(=O)[nH]c3)C2)nn1. The summed E-state index contributed by atoms with van der Waals surface area (Å²) in [6.07, 6.45) is 0.886. The number of hydrogen-bond acceptors (Lipinski definition) is 6. The van der Waals surface area contributed by atoms with Crippen molar-refractivity contribution in [2.75, 3.05) is 18.4 Å². The van der Waals surface area contributed by atoms with Crippen LogP contribution < -0.4 is 15.6 Å². The van der Waals surface area contributed by atoms with Crippen molar-refractivity contribution in [3.8, 4) is 11.6 Å². The number of halogens is 2. The molecule has 1 aliphatic rings. The average molecular weight is 480 g/mol. The summed E-state index contributed by atoms with van der Waals surface area (Å²) >= 11 is 0. The molecule has 1 saturated heterocycles. The van der Waals surface area contributed by atoms with Crippen LogP contribution in [0.15, 0.2) is 59.5 Å². The number of piperidine rings is 1. The number of nitrogens with zero attached hydrogens (tertiary/aromatic N) is 4. The number of nitrogens with one attached hydrogen (secondary N) is 2. The van der Waals surface area contributed by atoms with Gasteiger partial charge in [-0.15, -0.1) is 10.2 Å². The van der Waals surface area contributed by atoms with E-state index in [9.17, 15) is 18.4 Å². The van der Waals surface area contributed by atoms with Crippen molar-refractivity contribution in [2.45, 2.75) is 31.2 Å². The lowest BCUT2D eigenvalue weighted by Gasteiger charge is -2.40. The Hall–Kier alpha value is -4.17. The molecule has 2 aromatic heterocycles. The summed E-state index contributed by atoms with van der Waals surface area (Å²) in [5.74, 6) is -3.88. The van der Waals surface area contributed by atoms with E-state index in [1.807, 2.05) is 0 Å². The van der Waals surface area contributed by atoms with E-state index in [1.54, 1.807) is 36.1 Å². The Bertz CT molecular complexity index is 1290. The topological polar surface area (TPSA) is 105 Å². The van der Waals surface area contributed by atoms with Crippen LogP contribution in [0.4, 0.5) is 20.3 Å². The number of H-pyrrole nitrogens is 1. The first-order chi connectivity index (χ1) is 16.8. The van der Waals surface area contributed by atoms with Crippen LogP contribution in [0.2, 0.25) is 0 Å². The number of benzene rings is 1. The van der Waals surface area contributed by atoms with Crippen molar-refractivity contribution in [3.63, 3.8) is 0 Å². The molecule has 1 aromatic carbocycles. The standard InChI is InChI=1S/C24H22F2N6O3/c1-15(32-12-11-24(25,26)17(14-32)16-7-9-21(33)28-13-16)23(34)29-20-8-10-22(31-30-20)35-19-6-4-3-5-18(19)27-2/h3-10,13,15,17H,11-12,14H2,1H3,(H,28,33)(H,29,30,34)/t15?,17-/m1/s1. The van der Waals surface area contributed by atoms with Crippen molar-refractivity contribution >= 4 is 17.4 Å². The van der Waals surface area contributed by atoms with E-state index < -0.39 is 30.2 Å². The molecular weight excluding hydrogens is 458 g/mol. The highest BCUT2D eigenvalue weighted by Gasteiger charge is 2.46. The van der Waals surface area contributed by atoms with Gasteiger partial charge in [0.25, 0.3) is 5.92 Å². The number of anilines is 1. The van der Waals surface area contributed by atoms with Crippen LogP contribution in [0.3, 0.4) is 0 Å². The maximum Gasteiger partial charge on any atom is 0.257 e. The normalized spacial score (nSPS) is 18.3. The number of pyridine rings is 1. The van der Waals surface area contributed by atoms with E-state index in [-0.39, 0.29) is 30.3 Å². The van der Waals surface area contributed by atoms with Gasteiger partial charge in [-0.25, -0.2) is 13.6 Å². The molecule has 3 heterocycles. The Kier molecular flexibility index (Phi) is 6.84. The van der Waals surface area contributed by atoms with Gasteiger partial charge in [-0.2, -0.15) is 0 Å². The highest BCUT2D eigenvalue weighted by molar-refractivity contribution is 5.93. The number of ether oxygens (including phenoxy) is 1. The van der Waals surface area contributed by atoms with Crippen LogP contribution in [-0.2, 0) is 4.79 Å². The molecule has 11 heteroatoms. The molecule has 0 bridgehead atoms. The fourth-order valence-electron chi connectivity index (χ4n) is 3.85. The third-order valence-electron chi connectivity index (χ3n) is 5.89. The monoisotopic (exact) mass is 480 g/mol. The van der Waals surface area contributed by atoms with E-state index in [1.165, 1.54) is 30.5 Å². The van der Waals surface area contributed by atoms with Crippen LogP contribution in [-0.4, -0.2) is 51.0 Å². The second kappa shape index (κ2) is 9.99. The lowest BCUT2D eigenvalue weighted by molar-refractivity contribution is -0.125. The number of carbonyl (C=O) groups excluding carboxylic acids is 1. The Morgan fingerprint density at radius 2 is 2.06 bits per heavy atom. The number of likely N-dealkylation sites (tertiary alicyclic amines) is 1. The second-order valence-corrected chi connectivity index (χ2v) is 8.15. The van der Waals surface area contributed by atoms with Crippen LogP contribution in [0, 0.1) is 6.57 Å². The van der Waals surface area contributed by atoms with E-state index in [0.717, 1.165) is 0 Å². The van der Waals surface area contributed by atoms with Crippen LogP contribution in [0.25, 0.3) is 4.85 Å². The van der Waals surface area contributed by atoms with Gasteiger partial charge in [0.05, 0.1) is 18.5 Å². The minimum atomic E-state index is -2.96. The number of aromatic amines is 1. The van der Waals surface area contributed by atoms with E-state index in [2.05, 4.69) is 25.3 Å². The van der Waals surface area contributed by atoms with Crippen LogP contribution >= 0.6 is 0 Å². The number of amides is 1. The van der Waals surface area contributed by atoms with Crippen molar-refractivity contribution < 1.29 is 18.3 Å². The molecule has 1 amide bonds. The Balaban J connectivity index is 1.40. The summed E-state index contributed by atoms with van der Waals surface area (Å²) in [5, 5.41) is 10.5. The predicted molar refractivity (Wildman–Crippen MR) is 124 cm³/mol. The lowest BCUT2D eigenvalue weighted by atomic mass is 9.87. The molecule has 0 radical (unpaired) electrons. The fraction of sp³-hybridized carbons (Fsp3) is 0.292. The Morgan fingerprint density at radius 1 is 1.26 bits per heavy atom. The molecule has 1 unspecified atom stereocenters. The van der Waals surface area contributed by atoms with Gasteiger partial charge in [0.2, 0.25) is 23.0 Å². The minimum Gasteiger partial charge on any atom is -0.449 e. The van der Waals surface area contributed by atoms with Crippen LogP contribution in [0.5, 0.6) is 11.6 Å². The smallest absolute Gasteiger partial charge is 0.257 e. The maximum atomic E-state index is 14.6. The highest BCUT2D eigenvalue weighted by atomic mass is 19.3. The second-order valence-electron chi connectivity index (χ2n) is 8.15. The molecule has 0 spiro atoms. The largest absolute Gasteiger partial charge is 0.449 e. The molecule has 2 atom stereocenters. The zero-order valence-corrected chi connectivity index (χ0v) is 18.7. The number of hydrogen-bond donors (Lipinski definition) is 2. The van der Waals surface area contributed by atoms with Gasteiger partial charge in [0.1, 0.15) is 5.75 Å². The molecule has 9 nitrogen and oxygen atoms in total. The first-order valence-electron chi connectivity index (χ1n) is 10.9. The summed E-state index contributed by atoms with van der Waals surface area (Å²) in [6, 6.07) is 11.6. The van der Waals surface area contributed by atoms with Gasteiger partial charge in [-0.3, -0.25) is 14.5 Å². The quantitative estimate of drug-likeness (QED) is 0.518. The van der Waals surface area contributed by atoms with Gasteiger partial charge in [-0.05, 0) is 24.6 Å². The zero-order chi connectivity index (χ0) is 25.0. The molecule has 180 valence electrons. The van der Waals surface area contributed by atoms with Gasteiger partial charge in [0.15, 0.2) is 5.82 Å². The highest BCUT2D eigenvalue weighted by Crippen LogP contribution is 2.40. The van der Waals surface area contributed by atoms with Gasteiger partial charge >= 0.3 is 0 Å². The molecule has 35 heavy (non-hydrogen) atoms. The molecule has 2 N–H and O–H groups in total. The van der Waals surface area contributed by atoms with Gasteiger partial charge in [0, 0.05) is 37.8 Å². The Labute approximate surface area is 199 Å². The third-order valence-corrected chi connectivity index (χ3v) is 5.89. The summed E-state index contributed by atoms with van der Waals surface area (Å²) < 4.78 is 34.8. The van der Waals surface area contributed by atoms with Crippen molar-refractivity contribution in [1.82, 2.24) is 20.1 Å². The number of rotatable bonds is 6. The van der Waals surface area contributed by atoms with E-state index in [4.69, 9.17) is 11.3 Å². The summed E-state index contributed by atoms with van der Waals surface area (Å²) in [6.45, 7) is 8.81. The number of para-hydroxylation sites is 2. The lowest BCUT2D eigenvalue weighted by Crippen LogP contribution is -2.52. The molecule has 0 saturated carbocycles. The first kappa shape index (κ1) is 24.0. The number of carbonyl (C=O) groups is 1. The zero-order valence-electron chi connectivity index (χ0n) is 18.7. The fourth-order valence-corrected chi connectivity index (χ4v) is 3.85. The Morgan fingerprint density at radius 3 is 2.74 bits per heavy atom. The molecular formula is C24H22F2N6O3. The predicted octanol–water partition coefficient (Wildman–Crippen LogP) is 3.96. The summed E-state index contributed by atoms with van der Waals surface area (Å²) in [4.78, 5) is 31.6. The summed E-state index contributed by atoms with van der Waals surface area (Å²) in [7, 11) is 0. The van der Waals surface area contributed by atoms with E-state index >= 15 is 0 Å². The van der Waals surface area contributed by atoms with Crippen LogP contribution in [0.1, 0.15) is 24.8 Å². The van der Waals surface area contributed by atoms with Crippen molar-refractivity contribution in [2.24, 2.45) is 0 Å². The average Bonchev–Trinajstić information content (AvgIpc) is 2.85.